The van der Waals surface area contributed by atoms with Crippen LogP contribution in [0.5, 0.6) is 0 Å². The molecule has 34 heavy (non-hydrogen) atoms. The Morgan fingerprint density at radius 3 is 2.32 bits per heavy atom. The molecule has 12 heteroatoms. The minimum atomic E-state index is -1.16. The average Bonchev–Trinajstić information content (AvgIpc) is 3.36. The van der Waals surface area contributed by atoms with E-state index in [1.165, 1.54) is 31.0 Å². The van der Waals surface area contributed by atoms with E-state index in [4.69, 9.17) is 9.47 Å². The Morgan fingerprint density at radius 2 is 1.74 bits per heavy atom. The van der Waals surface area contributed by atoms with E-state index in [0.29, 0.717) is 16.3 Å². The number of nitro benzene ring substituents is 1. The number of hydrazone groups is 1. The van der Waals surface area contributed by atoms with Gasteiger partial charge in [0.05, 0.1) is 24.3 Å². The molecule has 0 aromatic heterocycles. The van der Waals surface area contributed by atoms with Gasteiger partial charge in [0.15, 0.2) is 0 Å². The SMILES string of the molecule is CCOC(=O)C1=C(C)N(c2ccccc2)[C@]2(SC(C(=O)OC)=NN2c2ccc([N+](=O)[O-])cc2)S1. The third-order valence-electron chi connectivity index (χ3n) is 5.01. The number of non-ortho nitro benzene ring substituents is 1. The van der Waals surface area contributed by atoms with Gasteiger partial charge in [0.2, 0.25) is 9.37 Å². The number of carbonyl (C=O) groups excluding carboxylic acids is 2. The molecule has 176 valence electrons. The number of anilines is 2. The lowest BCUT2D eigenvalue weighted by Crippen LogP contribution is -2.49. The lowest BCUT2D eigenvalue weighted by molar-refractivity contribution is -0.384. The van der Waals surface area contributed by atoms with E-state index in [0.717, 1.165) is 17.4 Å². The lowest BCUT2D eigenvalue weighted by Gasteiger charge is -2.41. The number of esters is 2. The second-order valence-electron chi connectivity index (χ2n) is 7.04. The standard InChI is InChI=1S/C22H20N4O6S2/c1-4-32-20(27)18-14(2)24(15-8-6-5-7-9-15)22(33-18)25(23-19(34-22)21(28)31-3)16-10-12-17(13-11-16)26(29)30/h5-13H,4H2,1-3H3/t22-/m1/s1. The molecule has 4 rings (SSSR count). The highest BCUT2D eigenvalue weighted by Gasteiger charge is 2.58. The molecule has 0 bridgehead atoms. The second-order valence-corrected chi connectivity index (χ2v) is 9.64. The Morgan fingerprint density at radius 1 is 1.06 bits per heavy atom. The maximum atomic E-state index is 12.8. The topological polar surface area (TPSA) is 115 Å². The molecule has 0 radical (unpaired) electrons. The smallest absolute Gasteiger partial charge is 0.365 e. The summed E-state index contributed by atoms with van der Waals surface area (Å²) in [5.41, 5.74) is 1.79. The number of nitro groups is 1. The van der Waals surface area contributed by atoms with Gasteiger partial charge in [0.1, 0.15) is 4.91 Å². The van der Waals surface area contributed by atoms with Crippen LogP contribution in [0.1, 0.15) is 13.8 Å². The van der Waals surface area contributed by atoms with Crippen molar-refractivity contribution >= 4 is 57.6 Å². The molecular weight excluding hydrogens is 480 g/mol. The molecule has 1 spiro atoms. The zero-order chi connectivity index (χ0) is 24.5. The van der Waals surface area contributed by atoms with Crippen LogP contribution in [0.3, 0.4) is 0 Å². The van der Waals surface area contributed by atoms with Gasteiger partial charge in [-0.15, -0.1) is 0 Å². The van der Waals surface area contributed by atoms with E-state index >= 15 is 0 Å². The van der Waals surface area contributed by atoms with Gasteiger partial charge in [-0.05, 0) is 49.9 Å². The number of para-hydroxylation sites is 1. The van der Waals surface area contributed by atoms with E-state index in [9.17, 15) is 19.7 Å². The van der Waals surface area contributed by atoms with Gasteiger partial charge in [-0.2, -0.15) is 5.10 Å². The van der Waals surface area contributed by atoms with E-state index in [-0.39, 0.29) is 17.3 Å². The molecule has 0 unspecified atom stereocenters. The molecule has 2 heterocycles. The van der Waals surface area contributed by atoms with Crippen molar-refractivity contribution in [3.05, 3.63) is 75.3 Å². The Hall–Kier alpha value is -3.51. The number of nitrogens with zero attached hydrogens (tertiary/aromatic N) is 4. The number of ether oxygens (including phenoxy) is 2. The second kappa shape index (κ2) is 9.39. The number of carbonyl (C=O) groups is 2. The molecule has 0 N–H and O–H groups in total. The summed E-state index contributed by atoms with van der Waals surface area (Å²) < 4.78 is 9.04. The highest BCUT2D eigenvalue weighted by Crippen LogP contribution is 2.60. The zero-order valence-corrected chi connectivity index (χ0v) is 20.1. The summed E-state index contributed by atoms with van der Waals surface area (Å²) in [7, 11) is 1.26. The van der Waals surface area contributed by atoms with Crippen LogP contribution < -0.4 is 9.91 Å². The summed E-state index contributed by atoms with van der Waals surface area (Å²) >= 11 is 2.31. The molecular formula is C22H20N4O6S2. The van der Waals surface area contributed by atoms with Crippen molar-refractivity contribution in [3.8, 4) is 0 Å². The van der Waals surface area contributed by atoms with Gasteiger partial charge in [0, 0.05) is 23.5 Å². The van der Waals surface area contributed by atoms with Crippen LogP contribution in [0, 0.1) is 10.1 Å². The highest BCUT2D eigenvalue weighted by atomic mass is 32.2. The third-order valence-corrected chi connectivity index (χ3v) is 7.86. The van der Waals surface area contributed by atoms with Crippen LogP contribution in [0.4, 0.5) is 17.1 Å². The van der Waals surface area contributed by atoms with Gasteiger partial charge in [-0.25, -0.2) is 14.6 Å². The number of benzene rings is 2. The van der Waals surface area contributed by atoms with E-state index in [2.05, 4.69) is 5.10 Å². The van der Waals surface area contributed by atoms with Crippen LogP contribution in [-0.2, 0) is 19.1 Å². The van der Waals surface area contributed by atoms with Crippen molar-refractivity contribution in [2.75, 3.05) is 23.6 Å². The first-order chi connectivity index (χ1) is 16.3. The average molecular weight is 501 g/mol. The quantitative estimate of drug-likeness (QED) is 0.323. The van der Waals surface area contributed by atoms with Gasteiger partial charge < -0.3 is 14.4 Å². The molecule has 0 amide bonds. The number of hydrogen-bond donors (Lipinski definition) is 0. The maximum Gasteiger partial charge on any atom is 0.365 e. The molecule has 0 saturated heterocycles. The van der Waals surface area contributed by atoms with Crippen LogP contribution in [-0.4, -0.2) is 39.9 Å². The van der Waals surface area contributed by atoms with Crippen LogP contribution in [0.2, 0.25) is 0 Å². The number of allylic oxidation sites excluding steroid dienone is 1. The van der Waals surface area contributed by atoms with E-state index in [1.807, 2.05) is 35.2 Å². The number of methoxy groups -OCH3 is 1. The summed E-state index contributed by atoms with van der Waals surface area (Å²) in [5, 5.41) is 17.3. The Kier molecular flexibility index (Phi) is 6.53. The zero-order valence-electron chi connectivity index (χ0n) is 18.5. The van der Waals surface area contributed by atoms with Crippen LogP contribution in [0.15, 0.2) is 70.3 Å². The monoisotopic (exact) mass is 500 g/mol. The van der Waals surface area contributed by atoms with Crippen LogP contribution >= 0.6 is 23.5 Å². The van der Waals surface area contributed by atoms with Gasteiger partial charge in [0.25, 0.3) is 5.69 Å². The fourth-order valence-electron chi connectivity index (χ4n) is 3.54. The first-order valence-electron chi connectivity index (χ1n) is 10.1. The van der Waals surface area contributed by atoms with Crippen LogP contribution in [0.25, 0.3) is 0 Å². The number of rotatable bonds is 6. The fourth-order valence-corrected chi connectivity index (χ4v) is 6.51. The number of thioether (sulfide) groups is 2. The molecule has 2 aromatic carbocycles. The molecule has 10 nitrogen and oxygen atoms in total. The molecule has 2 aliphatic heterocycles. The Balaban J connectivity index is 1.88. The number of hydrogen-bond acceptors (Lipinski definition) is 11. The first kappa shape index (κ1) is 23.6. The van der Waals surface area contributed by atoms with Crippen molar-refractivity contribution in [1.29, 1.82) is 0 Å². The highest BCUT2D eigenvalue weighted by molar-refractivity contribution is 8.29. The minimum Gasteiger partial charge on any atom is -0.464 e. The van der Waals surface area contributed by atoms with Crippen molar-refractivity contribution in [2.24, 2.45) is 5.10 Å². The first-order valence-corrected chi connectivity index (χ1v) is 11.8. The van der Waals surface area contributed by atoms with Gasteiger partial charge >= 0.3 is 11.9 Å². The van der Waals surface area contributed by atoms with Crippen molar-refractivity contribution in [3.63, 3.8) is 0 Å². The maximum absolute atomic E-state index is 12.8. The summed E-state index contributed by atoms with van der Waals surface area (Å²) in [6.07, 6.45) is 0. The summed E-state index contributed by atoms with van der Waals surface area (Å²) in [6.45, 7) is 3.73. The van der Waals surface area contributed by atoms with Crippen molar-refractivity contribution < 1.29 is 24.0 Å². The Bertz CT molecular complexity index is 1200. The minimum absolute atomic E-state index is 0.0761. The lowest BCUT2D eigenvalue weighted by atomic mass is 10.2. The molecule has 2 aliphatic rings. The third kappa shape index (κ3) is 3.99. The van der Waals surface area contributed by atoms with Crippen molar-refractivity contribution in [1.82, 2.24) is 0 Å². The predicted molar refractivity (Wildman–Crippen MR) is 131 cm³/mol. The summed E-state index contributed by atoms with van der Waals surface area (Å²) in [5.74, 6) is -1.12. The van der Waals surface area contributed by atoms with Gasteiger partial charge in [-0.3, -0.25) is 10.1 Å². The molecule has 0 fully saturated rings. The van der Waals surface area contributed by atoms with Crippen molar-refractivity contribution in [2.45, 2.75) is 18.2 Å². The van der Waals surface area contributed by atoms with Gasteiger partial charge in [-0.1, -0.05) is 30.0 Å². The van der Waals surface area contributed by atoms with E-state index in [1.54, 1.807) is 31.0 Å². The molecule has 0 saturated carbocycles. The predicted octanol–water partition coefficient (Wildman–Crippen LogP) is 4.29. The summed E-state index contributed by atoms with van der Waals surface area (Å²) in [6, 6.07) is 15.2. The molecule has 2 aromatic rings. The fraction of sp³-hybridized carbons (Fsp3) is 0.227. The molecule has 1 atom stereocenters. The summed E-state index contributed by atoms with van der Waals surface area (Å²) in [4.78, 5) is 38.3. The van der Waals surface area contributed by atoms with E-state index < -0.39 is 21.2 Å². The largest absolute Gasteiger partial charge is 0.464 e. The Labute approximate surface area is 203 Å². The molecule has 0 aliphatic carbocycles. The normalized spacial score (nSPS) is 19.4.